The fourth-order valence-electron chi connectivity index (χ4n) is 1.60. The Morgan fingerprint density at radius 2 is 2.13 bits per heavy atom. The van der Waals surface area contributed by atoms with Gasteiger partial charge in [0.1, 0.15) is 0 Å². The monoisotopic (exact) mass is 212 g/mol. The molecule has 0 aliphatic rings. The zero-order valence-electron chi connectivity index (χ0n) is 9.79. The summed E-state index contributed by atoms with van der Waals surface area (Å²) in [4.78, 5) is 13.8. The number of fused-ring (bicyclic) bond motifs is 1. The van der Waals surface area contributed by atoms with Crippen LogP contribution in [0.5, 0.6) is 0 Å². The molecule has 1 amide bonds. The zero-order chi connectivity index (χ0) is 9.97. The summed E-state index contributed by atoms with van der Waals surface area (Å²) < 4.78 is 0. The van der Waals surface area contributed by atoms with Crippen LogP contribution in [0.2, 0.25) is 0 Å². The molecular formula is C11H13N2NaO. The molecule has 0 aliphatic heterocycles. The average molecular weight is 212 g/mol. The molecule has 0 radical (unpaired) electrons. The summed E-state index contributed by atoms with van der Waals surface area (Å²) in [5, 5.41) is 1.17. The molecule has 2 aromatic rings. The zero-order valence-corrected chi connectivity index (χ0v) is 10.8. The minimum absolute atomic E-state index is 0. The van der Waals surface area contributed by atoms with Crippen molar-refractivity contribution < 1.29 is 35.8 Å². The van der Waals surface area contributed by atoms with Gasteiger partial charge < -0.3 is 12.1 Å². The fourth-order valence-corrected chi connectivity index (χ4v) is 1.60. The van der Waals surface area contributed by atoms with E-state index in [9.17, 15) is 4.79 Å². The van der Waals surface area contributed by atoms with Gasteiger partial charge in [0.25, 0.3) is 0 Å². The van der Waals surface area contributed by atoms with Gasteiger partial charge in [0.15, 0.2) is 0 Å². The Kier molecular flexibility index (Phi) is 4.39. The smallest absolute Gasteiger partial charge is 1.00 e. The molecule has 3 nitrogen and oxygen atoms in total. The third kappa shape index (κ3) is 2.84. The number of carbonyl (C=O) groups is 1. The summed E-state index contributed by atoms with van der Waals surface area (Å²) in [6, 6.07) is 8.03. The fraction of sp³-hybridized carbons (Fsp3) is 0.182. The van der Waals surface area contributed by atoms with E-state index in [2.05, 4.69) is 4.98 Å². The summed E-state index contributed by atoms with van der Waals surface area (Å²) in [6.07, 6.45) is 3.05. The molecule has 0 fully saturated rings. The molecule has 0 bridgehead atoms. The Labute approximate surface area is 112 Å². The molecule has 0 unspecified atom stereocenters. The van der Waals surface area contributed by atoms with Gasteiger partial charge in [-0.2, -0.15) is 0 Å². The molecule has 1 aromatic heterocycles. The van der Waals surface area contributed by atoms with Crippen molar-refractivity contribution in [3.63, 3.8) is 0 Å². The van der Waals surface area contributed by atoms with Crippen LogP contribution in [0.25, 0.3) is 10.9 Å². The third-order valence-corrected chi connectivity index (χ3v) is 2.32. The third-order valence-electron chi connectivity index (χ3n) is 2.32. The van der Waals surface area contributed by atoms with E-state index in [1.165, 1.54) is 5.39 Å². The van der Waals surface area contributed by atoms with E-state index in [1.807, 2.05) is 30.5 Å². The van der Waals surface area contributed by atoms with E-state index in [4.69, 9.17) is 5.73 Å². The molecular weight excluding hydrogens is 199 g/mol. The molecule has 0 spiro atoms. The van der Waals surface area contributed by atoms with Crippen molar-refractivity contribution in [2.45, 2.75) is 12.8 Å². The first-order valence-electron chi connectivity index (χ1n) is 4.60. The van der Waals surface area contributed by atoms with Gasteiger partial charge in [-0.1, -0.05) is 18.2 Å². The number of rotatable bonds is 3. The largest absolute Gasteiger partial charge is 1.00 e. The van der Waals surface area contributed by atoms with Crippen molar-refractivity contribution in [1.29, 1.82) is 0 Å². The number of nitrogens with two attached hydrogens (primary N) is 1. The Morgan fingerprint density at radius 3 is 2.87 bits per heavy atom. The van der Waals surface area contributed by atoms with Crippen molar-refractivity contribution in [2.24, 2.45) is 5.73 Å². The molecule has 2 rings (SSSR count). The topological polar surface area (TPSA) is 58.9 Å². The maximum absolute atomic E-state index is 10.6. The van der Waals surface area contributed by atoms with Crippen molar-refractivity contribution in [1.82, 2.24) is 4.98 Å². The van der Waals surface area contributed by atoms with Crippen LogP contribution in [0.1, 0.15) is 13.4 Å². The molecule has 4 heteroatoms. The Morgan fingerprint density at radius 1 is 1.40 bits per heavy atom. The SMILES string of the molecule is NC(=O)CCc1c[nH]c2ccccc12.[H-].[Na+]. The summed E-state index contributed by atoms with van der Waals surface area (Å²) in [7, 11) is 0. The number of benzene rings is 1. The molecule has 15 heavy (non-hydrogen) atoms. The van der Waals surface area contributed by atoms with E-state index in [-0.39, 0.29) is 36.9 Å². The van der Waals surface area contributed by atoms with Crippen molar-refractivity contribution in [3.8, 4) is 0 Å². The van der Waals surface area contributed by atoms with Crippen molar-refractivity contribution >= 4 is 16.8 Å². The van der Waals surface area contributed by atoms with Gasteiger partial charge >= 0.3 is 29.6 Å². The van der Waals surface area contributed by atoms with E-state index < -0.39 is 0 Å². The number of aromatic amines is 1. The Balaban J connectivity index is 0.00000112. The second-order valence-corrected chi connectivity index (χ2v) is 3.33. The number of carbonyl (C=O) groups excluding carboxylic acids is 1. The summed E-state index contributed by atoms with van der Waals surface area (Å²) >= 11 is 0. The minimum atomic E-state index is -0.254. The molecule has 0 atom stereocenters. The van der Waals surface area contributed by atoms with Gasteiger partial charge in [0.05, 0.1) is 0 Å². The first kappa shape index (κ1) is 12.3. The molecule has 0 aliphatic carbocycles. The predicted molar refractivity (Wildman–Crippen MR) is 56.9 cm³/mol. The molecule has 1 heterocycles. The van der Waals surface area contributed by atoms with Crippen LogP contribution in [0, 0.1) is 0 Å². The summed E-state index contributed by atoms with van der Waals surface area (Å²) in [6.45, 7) is 0. The van der Waals surface area contributed by atoms with Crippen molar-refractivity contribution in [2.75, 3.05) is 0 Å². The van der Waals surface area contributed by atoms with Gasteiger partial charge in [0, 0.05) is 23.5 Å². The Hall–Kier alpha value is -0.770. The first-order valence-corrected chi connectivity index (χ1v) is 4.60. The van der Waals surface area contributed by atoms with Crippen LogP contribution in [-0.2, 0) is 11.2 Å². The first-order chi connectivity index (χ1) is 6.77. The number of para-hydroxylation sites is 1. The van der Waals surface area contributed by atoms with Gasteiger partial charge in [0.2, 0.25) is 5.91 Å². The van der Waals surface area contributed by atoms with Gasteiger partial charge in [-0.3, -0.25) is 4.79 Å². The van der Waals surface area contributed by atoms with Crippen LogP contribution in [0.4, 0.5) is 0 Å². The quantitative estimate of drug-likeness (QED) is 0.611. The van der Waals surface area contributed by atoms with E-state index >= 15 is 0 Å². The molecule has 0 saturated heterocycles. The standard InChI is InChI=1S/C11H12N2O.Na.H/c12-11(14)6-5-8-7-13-10-4-2-1-3-9(8)10;;/h1-4,7,13H,5-6H2,(H2,12,14);;/q;+1;-1. The molecule has 0 saturated carbocycles. The number of H-pyrrole nitrogens is 1. The Bertz CT molecular complexity index is 470. The number of aromatic nitrogens is 1. The summed E-state index contributed by atoms with van der Waals surface area (Å²) in [5.41, 5.74) is 7.36. The molecule has 1 aromatic carbocycles. The maximum atomic E-state index is 10.6. The van der Waals surface area contributed by atoms with E-state index in [0.717, 1.165) is 11.1 Å². The average Bonchev–Trinajstić information content (AvgIpc) is 2.58. The van der Waals surface area contributed by atoms with Gasteiger partial charge in [-0.05, 0) is 18.1 Å². The van der Waals surface area contributed by atoms with Crippen LogP contribution in [0.15, 0.2) is 30.5 Å². The number of aryl methyl sites for hydroxylation is 1. The maximum Gasteiger partial charge on any atom is 1.00 e. The van der Waals surface area contributed by atoms with Crippen molar-refractivity contribution in [3.05, 3.63) is 36.0 Å². The number of primary amides is 1. The predicted octanol–water partition coefficient (Wildman–Crippen LogP) is -1.30. The number of nitrogens with one attached hydrogen (secondary N) is 1. The molecule has 74 valence electrons. The number of hydrogen-bond donors (Lipinski definition) is 2. The normalized spacial score (nSPS) is 9.87. The second-order valence-electron chi connectivity index (χ2n) is 3.33. The number of hydrogen-bond acceptors (Lipinski definition) is 1. The van der Waals surface area contributed by atoms with E-state index in [1.54, 1.807) is 0 Å². The van der Waals surface area contributed by atoms with Crippen LogP contribution >= 0.6 is 0 Å². The van der Waals surface area contributed by atoms with E-state index in [0.29, 0.717) is 12.8 Å². The van der Waals surface area contributed by atoms with Crippen LogP contribution in [-0.4, -0.2) is 10.9 Å². The minimum Gasteiger partial charge on any atom is -1.00 e. The number of amides is 1. The van der Waals surface area contributed by atoms with Gasteiger partial charge in [-0.25, -0.2) is 0 Å². The van der Waals surface area contributed by atoms with Crippen LogP contribution in [0.3, 0.4) is 0 Å². The van der Waals surface area contributed by atoms with Crippen LogP contribution < -0.4 is 35.3 Å². The molecule has 3 N–H and O–H groups in total. The second kappa shape index (κ2) is 5.35. The van der Waals surface area contributed by atoms with Gasteiger partial charge in [-0.15, -0.1) is 0 Å². The summed E-state index contributed by atoms with van der Waals surface area (Å²) in [5.74, 6) is -0.254.